The van der Waals surface area contributed by atoms with Gasteiger partial charge in [-0.05, 0) is 18.9 Å². The van der Waals surface area contributed by atoms with E-state index in [1.807, 2.05) is 5.43 Å². The van der Waals surface area contributed by atoms with Crippen LogP contribution in [0.5, 0.6) is 0 Å². The summed E-state index contributed by atoms with van der Waals surface area (Å²) in [5.74, 6) is 5.81. The number of hydrogen-bond donors (Lipinski definition) is 2. The Balaban J connectivity index is 1.93. The second kappa shape index (κ2) is 4.97. The Morgan fingerprint density at radius 3 is 3.10 bits per heavy atom. The molecule has 3 heterocycles. The summed E-state index contributed by atoms with van der Waals surface area (Å²) in [6.07, 6.45) is 4.22. The van der Waals surface area contributed by atoms with Crippen molar-refractivity contribution >= 4 is 5.91 Å². The molecule has 3 rings (SSSR count). The first-order valence-electron chi connectivity index (χ1n) is 6.44. The summed E-state index contributed by atoms with van der Waals surface area (Å²) in [4.78, 5) is 23.7. The van der Waals surface area contributed by atoms with E-state index < -0.39 is 5.91 Å². The lowest BCUT2D eigenvalue weighted by Crippen LogP contribution is -2.31. The van der Waals surface area contributed by atoms with Gasteiger partial charge < -0.3 is 4.42 Å². The largest absolute Gasteiger partial charge is 0.467 e. The van der Waals surface area contributed by atoms with Gasteiger partial charge in [-0.15, -0.1) is 0 Å². The molecule has 1 aliphatic heterocycles. The van der Waals surface area contributed by atoms with E-state index in [1.165, 1.54) is 17.0 Å². The molecule has 20 heavy (non-hydrogen) atoms. The number of nitrogens with zero attached hydrogens (tertiary/aromatic N) is 3. The first-order valence-corrected chi connectivity index (χ1v) is 6.44. The van der Waals surface area contributed by atoms with Gasteiger partial charge in [0.15, 0.2) is 0 Å². The molecule has 106 valence electrons. The van der Waals surface area contributed by atoms with Crippen LogP contribution in [-0.4, -0.2) is 20.3 Å². The van der Waals surface area contributed by atoms with Gasteiger partial charge in [-0.3, -0.25) is 14.8 Å². The molecule has 0 unspecified atom stereocenters. The molecule has 2 aromatic rings. The standard InChI is InChI=1S/C12H15N5O3/c13-14-11(18)8-4-6-20-9(8)7-17-12(19)16-5-2-1-3-10(16)15-17/h4,6H,1-3,5,7,13H2,(H,14,18). The first-order chi connectivity index (χ1) is 9.70. The van der Waals surface area contributed by atoms with Gasteiger partial charge >= 0.3 is 5.69 Å². The van der Waals surface area contributed by atoms with Crippen molar-refractivity contribution in [3.63, 3.8) is 0 Å². The fourth-order valence-electron chi connectivity index (χ4n) is 2.43. The molecular weight excluding hydrogens is 262 g/mol. The lowest BCUT2D eigenvalue weighted by atomic mass is 10.2. The van der Waals surface area contributed by atoms with Crippen LogP contribution in [0, 0.1) is 0 Å². The van der Waals surface area contributed by atoms with E-state index in [1.54, 1.807) is 4.57 Å². The third-order valence-electron chi connectivity index (χ3n) is 3.45. The van der Waals surface area contributed by atoms with Crippen LogP contribution >= 0.6 is 0 Å². The van der Waals surface area contributed by atoms with Crippen LogP contribution < -0.4 is 17.0 Å². The minimum absolute atomic E-state index is 0.120. The van der Waals surface area contributed by atoms with Crippen LogP contribution in [0.25, 0.3) is 0 Å². The average Bonchev–Trinajstić information content (AvgIpc) is 3.05. The van der Waals surface area contributed by atoms with Crippen molar-refractivity contribution in [1.82, 2.24) is 19.8 Å². The third-order valence-corrected chi connectivity index (χ3v) is 3.45. The molecule has 1 amide bonds. The number of carbonyl (C=O) groups excluding carboxylic acids is 1. The first kappa shape index (κ1) is 12.7. The summed E-state index contributed by atoms with van der Waals surface area (Å²) in [6.45, 7) is 0.817. The SMILES string of the molecule is NNC(=O)c1ccoc1Cn1nc2n(c1=O)CCCC2. The molecule has 2 aromatic heterocycles. The van der Waals surface area contributed by atoms with Crippen molar-refractivity contribution in [1.29, 1.82) is 0 Å². The molecule has 1 aliphatic rings. The van der Waals surface area contributed by atoms with Crippen molar-refractivity contribution in [3.8, 4) is 0 Å². The van der Waals surface area contributed by atoms with Gasteiger partial charge in [0.25, 0.3) is 5.91 Å². The summed E-state index contributed by atoms with van der Waals surface area (Å²) in [6, 6.07) is 1.51. The van der Waals surface area contributed by atoms with Crippen LogP contribution in [0.4, 0.5) is 0 Å². The number of aryl methyl sites for hydroxylation is 1. The van der Waals surface area contributed by atoms with E-state index in [0.717, 1.165) is 25.1 Å². The van der Waals surface area contributed by atoms with Crippen molar-refractivity contribution in [2.45, 2.75) is 32.4 Å². The summed E-state index contributed by atoms with van der Waals surface area (Å²) in [5.41, 5.74) is 2.18. The Labute approximate surface area is 114 Å². The number of hydrogen-bond acceptors (Lipinski definition) is 5. The van der Waals surface area contributed by atoms with Gasteiger partial charge in [-0.25, -0.2) is 15.3 Å². The van der Waals surface area contributed by atoms with Crippen LogP contribution in [0.3, 0.4) is 0 Å². The number of nitrogens with one attached hydrogen (secondary N) is 1. The minimum Gasteiger partial charge on any atom is -0.467 e. The molecule has 0 fully saturated rings. The monoisotopic (exact) mass is 277 g/mol. The minimum atomic E-state index is -0.453. The molecule has 0 saturated heterocycles. The molecule has 8 heteroatoms. The van der Waals surface area contributed by atoms with Gasteiger partial charge in [0.1, 0.15) is 18.1 Å². The second-order valence-corrected chi connectivity index (χ2v) is 4.70. The highest BCUT2D eigenvalue weighted by Gasteiger charge is 2.20. The maximum absolute atomic E-state index is 12.2. The molecular formula is C12H15N5O3. The molecule has 3 N–H and O–H groups in total. The zero-order valence-corrected chi connectivity index (χ0v) is 10.8. The van der Waals surface area contributed by atoms with Gasteiger partial charge in [-0.1, -0.05) is 0 Å². The van der Waals surface area contributed by atoms with E-state index in [2.05, 4.69) is 5.10 Å². The Morgan fingerprint density at radius 1 is 1.50 bits per heavy atom. The summed E-state index contributed by atoms with van der Waals surface area (Å²) < 4.78 is 8.26. The van der Waals surface area contributed by atoms with Gasteiger partial charge in [-0.2, -0.15) is 5.10 Å². The summed E-state index contributed by atoms with van der Waals surface area (Å²) in [7, 11) is 0. The molecule has 0 radical (unpaired) electrons. The second-order valence-electron chi connectivity index (χ2n) is 4.70. The van der Waals surface area contributed by atoms with Crippen LogP contribution in [0.1, 0.15) is 34.8 Å². The molecule has 0 atom stereocenters. The number of carbonyl (C=O) groups is 1. The molecule has 0 saturated carbocycles. The topological polar surface area (TPSA) is 108 Å². The number of hydrazine groups is 1. The molecule has 0 aromatic carbocycles. The van der Waals surface area contributed by atoms with E-state index in [4.69, 9.17) is 10.3 Å². The van der Waals surface area contributed by atoms with Gasteiger partial charge in [0.2, 0.25) is 0 Å². The van der Waals surface area contributed by atoms with E-state index in [0.29, 0.717) is 17.9 Å². The summed E-state index contributed by atoms with van der Waals surface area (Å²) >= 11 is 0. The number of nitrogens with two attached hydrogens (primary N) is 1. The van der Waals surface area contributed by atoms with Crippen molar-refractivity contribution in [3.05, 3.63) is 40.0 Å². The van der Waals surface area contributed by atoms with Crippen molar-refractivity contribution in [2.24, 2.45) is 5.84 Å². The number of aromatic nitrogens is 3. The quantitative estimate of drug-likeness (QED) is 0.452. The Morgan fingerprint density at radius 2 is 2.35 bits per heavy atom. The van der Waals surface area contributed by atoms with E-state index in [9.17, 15) is 9.59 Å². The summed E-state index contributed by atoms with van der Waals surface area (Å²) in [5, 5.41) is 4.30. The number of rotatable bonds is 3. The number of fused-ring (bicyclic) bond motifs is 1. The lowest BCUT2D eigenvalue weighted by Gasteiger charge is -2.09. The van der Waals surface area contributed by atoms with Gasteiger partial charge in [0.05, 0.1) is 11.8 Å². The molecule has 0 bridgehead atoms. The van der Waals surface area contributed by atoms with E-state index in [-0.39, 0.29) is 12.2 Å². The number of amides is 1. The fraction of sp³-hybridized carbons (Fsp3) is 0.417. The predicted molar refractivity (Wildman–Crippen MR) is 68.9 cm³/mol. The highest BCUT2D eigenvalue weighted by molar-refractivity contribution is 5.94. The fourth-order valence-corrected chi connectivity index (χ4v) is 2.43. The maximum Gasteiger partial charge on any atom is 0.346 e. The van der Waals surface area contributed by atoms with Crippen molar-refractivity contribution < 1.29 is 9.21 Å². The number of furan rings is 1. The highest BCUT2D eigenvalue weighted by Crippen LogP contribution is 2.13. The smallest absolute Gasteiger partial charge is 0.346 e. The molecule has 0 aliphatic carbocycles. The normalized spacial score (nSPS) is 14.1. The van der Waals surface area contributed by atoms with E-state index >= 15 is 0 Å². The highest BCUT2D eigenvalue weighted by atomic mass is 16.3. The van der Waals surface area contributed by atoms with Crippen LogP contribution in [0.2, 0.25) is 0 Å². The lowest BCUT2D eigenvalue weighted by molar-refractivity contribution is 0.0951. The predicted octanol–water partition coefficient (Wildman–Crippen LogP) is -0.374. The van der Waals surface area contributed by atoms with Crippen LogP contribution in [-0.2, 0) is 19.5 Å². The zero-order chi connectivity index (χ0) is 14.1. The molecule has 0 spiro atoms. The Hall–Kier alpha value is -2.35. The Bertz CT molecular complexity index is 696. The van der Waals surface area contributed by atoms with Crippen molar-refractivity contribution in [2.75, 3.05) is 0 Å². The number of nitrogen functional groups attached to an aromatic ring is 1. The zero-order valence-electron chi connectivity index (χ0n) is 10.8. The molecule has 8 nitrogen and oxygen atoms in total. The van der Waals surface area contributed by atoms with Crippen LogP contribution in [0.15, 0.2) is 21.5 Å². The maximum atomic E-state index is 12.2. The average molecular weight is 277 g/mol. The third kappa shape index (κ3) is 2.03. The Kier molecular flexibility index (Phi) is 3.15. The van der Waals surface area contributed by atoms with Gasteiger partial charge in [0, 0.05) is 13.0 Å².